The predicted molar refractivity (Wildman–Crippen MR) is 78.9 cm³/mol. The molecule has 1 aromatic heterocycles. The molecule has 138 valence electrons. The van der Waals surface area contributed by atoms with Crippen molar-refractivity contribution in [1.29, 1.82) is 0 Å². The van der Waals surface area contributed by atoms with Crippen LogP contribution in [0.5, 0.6) is 0 Å². The van der Waals surface area contributed by atoms with Crippen LogP contribution in [0.25, 0.3) is 0 Å². The van der Waals surface area contributed by atoms with E-state index < -0.39 is 42.3 Å². The van der Waals surface area contributed by atoms with Gasteiger partial charge in [-0.3, -0.25) is 14.4 Å². The molecule has 1 fully saturated rings. The van der Waals surface area contributed by atoms with Crippen LogP contribution in [0.1, 0.15) is 18.4 Å². The van der Waals surface area contributed by atoms with E-state index in [4.69, 9.17) is 9.84 Å². The number of aromatic nitrogens is 1. The van der Waals surface area contributed by atoms with Gasteiger partial charge in [-0.15, -0.1) is 0 Å². The van der Waals surface area contributed by atoms with Gasteiger partial charge in [-0.25, -0.2) is 0 Å². The first-order valence-corrected chi connectivity index (χ1v) is 7.56. The van der Waals surface area contributed by atoms with Gasteiger partial charge in [0.05, 0.1) is 0 Å². The number of halogens is 3. The number of carbonyl (C=O) groups excluding carboxylic acids is 1. The number of hydrogen-bond acceptors (Lipinski definition) is 4. The fraction of sp³-hybridized carbons (Fsp3) is 0.533. The number of carboxylic acids is 1. The van der Waals surface area contributed by atoms with Crippen molar-refractivity contribution in [1.82, 2.24) is 9.47 Å². The molecule has 1 aliphatic heterocycles. The zero-order chi connectivity index (χ0) is 18.6. The van der Waals surface area contributed by atoms with Crippen LogP contribution < -0.4 is 5.56 Å². The number of ether oxygens (including phenoxy) is 1. The van der Waals surface area contributed by atoms with Gasteiger partial charge in [-0.2, -0.15) is 13.2 Å². The van der Waals surface area contributed by atoms with Gasteiger partial charge in [-0.1, -0.05) is 0 Å². The van der Waals surface area contributed by atoms with Crippen LogP contribution in [0.2, 0.25) is 0 Å². The quantitative estimate of drug-likeness (QED) is 0.843. The molecule has 10 heteroatoms. The lowest BCUT2D eigenvalue weighted by molar-refractivity contribution is -0.148. The maximum atomic E-state index is 12.8. The number of carbonyl (C=O) groups is 2. The second-order valence-corrected chi connectivity index (χ2v) is 5.61. The van der Waals surface area contributed by atoms with E-state index in [1.807, 2.05) is 0 Å². The van der Waals surface area contributed by atoms with E-state index in [0.717, 1.165) is 17.2 Å². The van der Waals surface area contributed by atoms with Gasteiger partial charge in [0.25, 0.3) is 5.56 Å². The molecule has 2 heterocycles. The summed E-state index contributed by atoms with van der Waals surface area (Å²) in [7, 11) is 0. The van der Waals surface area contributed by atoms with Crippen molar-refractivity contribution in [2.75, 3.05) is 19.8 Å². The van der Waals surface area contributed by atoms with Crippen LogP contribution in [0.3, 0.4) is 0 Å². The van der Waals surface area contributed by atoms with Crippen LogP contribution in [-0.2, 0) is 27.0 Å². The first kappa shape index (κ1) is 19.0. The fourth-order valence-electron chi connectivity index (χ4n) is 2.68. The standard InChI is InChI=1S/C15H17F3N2O5/c16-15(17,18)11-2-1-5-19(14(11)24)8-12(21)20(9-13(22)23)10-3-6-25-7-4-10/h1-2,5,10H,3-4,6-9H2,(H,22,23). The van der Waals surface area contributed by atoms with Gasteiger partial charge in [0, 0.05) is 25.5 Å². The Bertz CT molecular complexity index is 695. The Morgan fingerprint density at radius 3 is 2.52 bits per heavy atom. The van der Waals surface area contributed by atoms with Gasteiger partial charge < -0.3 is 19.3 Å². The minimum absolute atomic E-state index is 0.359. The topological polar surface area (TPSA) is 88.8 Å². The summed E-state index contributed by atoms with van der Waals surface area (Å²) in [6, 6.07) is 1.27. The van der Waals surface area contributed by atoms with Crippen molar-refractivity contribution in [2.45, 2.75) is 31.6 Å². The molecule has 0 saturated carbocycles. The van der Waals surface area contributed by atoms with Crippen LogP contribution in [-0.4, -0.2) is 52.3 Å². The molecule has 1 N–H and O–H groups in total. The van der Waals surface area contributed by atoms with Crippen molar-refractivity contribution in [3.63, 3.8) is 0 Å². The number of hydrogen-bond donors (Lipinski definition) is 1. The van der Waals surface area contributed by atoms with Crippen molar-refractivity contribution >= 4 is 11.9 Å². The molecule has 0 aliphatic carbocycles. The highest BCUT2D eigenvalue weighted by Crippen LogP contribution is 2.26. The molecule has 2 rings (SSSR count). The number of alkyl halides is 3. The maximum Gasteiger partial charge on any atom is 0.421 e. The summed E-state index contributed by atoms with van der Waals surface area (Å²) >= 11 is 0. The highest BCUT2D eigenvalue weighted by Gasteiger charge is 2.35. The molecule has 0 spiro atoms. The molecule has 0 aromatic carbocycles. The summed E-state index contributed by atoms with van der Waals surface area (Å²) < 4.78 is 44.2. The van der Waals surface area contributed by atoms with E-state index in [0.29, 0.717) is 36.7 Å². The molecule has 1 amide bonds. The zero-order valence-corrected chi connectivity index (χ0v) is 13.2. The molecule has 1 aliphatic rings. The predicted octanol–water partition coefficient (Wildman–Crippen LogP) is 0.959. The van der Waals surface area contributed by atoms with Crippen molar-refractivity contribution < 1.29 is 32.6 Å². The Morgan fingerprint density at radius 1 is 1.32 bits per heavy atom. The third-order valence-corrected chi connectivity index (χ3v) is 3.89. The molecule has 1 saturated heterocycles. The molecular formula is C15H17F3N2O5. The van der Waals surface area contributed by atoms with Crippen LogP contribution in [0.4, 0.5) is 13.2 Å². The summed E-state index contributed by atoms with van der Waals surface area (Å²) in [4.78, 5) is 36.4. The van der Waals surface area contributed by atoms with Gasteiger partial charge in [0.15, 0.2) is 0 Å². The Balaban J connectivity index is 2.23. The van der Waals surface area contributed by atoms with E-state index in [9.17, 15) is 27.6 Å². The number of pyridine rings is 1. The van der Waals surface area contributed by atoms with E-state index in [1.54, 1.807) is 0 Å². The van der Waals surface area contributed by atoms with Gasteiger partial charge in [0.1, 0.15) is 18.7 Å². The molecule has 7 nitrogen and oxygen atoms in total. The SMILES string of the molecule is O=C(O)CN(C(=O)Cn1cccc(C(F)(F)F)c1=O)C1CCOCC1. The lowest BCUT2D eigenvalue weighted by Gasteiger charge is -2.33. The third kappa shape index (κ3) is 4.81. The third-order valence-electron chi connectivity index (χ3n) is 3.89. The summed E-state index contributed by atoms with van der Waals surface area (Å²) in [5.41, 5.74) is -2.72. The molecule has 25 heavy (non-hydrogen) atoms. The van der Waals surface area contributed by atoms with E-state index in [1.165, 1.54) is 0 Å². The number of rotatable bonds is 5. The fourth-order valence-corrected chi connectivity index (χ4v) is 2.68. The minimum Gasteiger partial charge on any atom is -0.480 e. The molecule has 0 unspecified atom stereocenters. The highest BCUT2D eigenvalue weighted by atomic mass is 19.4. The Labute approximate surface area is 140 Å². The Morgan fingerprint density at radius 2 is 1.96 bits per heavy atom. The first-order valence-electron chi connectivity index (χ1n) is 7.56. The lowest BCUT2D eigenvalue weighted by Crippen LogP contribution is -2.48. The maximum absolute atomic E-state index is 12.8. The first-order chi connectivity index (χ1) is 11.7. The molecule has 1 aromatic rings. The van der Waals surface area contributed by atoms with E-state index in [-0.39, 0.29) is 6.04 Å². The normalized spacial score (nSPS) is 15.8. The van der Waals surface area contributed by atoms with Crippen molar-refractivity contribution in [3.8, 4) is 0 Å². The van der Waals surface area contributed by atoms with Gasteiger partial charge >= 0.3 is 12.1 Å². The average Bonchev–Trinajstić information content (AvgIpc) is 2.54. The monoisotopic (exact) mass is 362 g/mol. The largest absolute Gasteiger partial charge is 0.480 e. The van der Waals surface area contributed by atoms with Crippen molar-refractivity contribution in [2.24, 2.45) is 0 Å². The number of carboxylic acid groups (broad SMARTS) is 1. The smallest absolute Gasteiger partial charge is 0.421 e. The summed E-state index contributed by atoms with van der Waals surface area (Å²) in [5.74, 6) is -1.97. The molecule has 0 radical (unpaired) electrons. The van der Waals surface area contributed by atoms with Gasteiger partial charge in [0.2, 0.25) is 5.91 Å². The minimum atomic E-state index is -4.83. The number of amides is 1. The van der Waals surface area contributed by atoms with E-state index >= 15 is 0 Å². The second kappa shape index (κ2) is 7.68. The van der Waals surface area contributed by atoms with Crippen LogP contribution in [0.15, 0.2) is 23.1 Å². The number of nitrogens with zero attached hydrogens (tertiary/aromatic N) is 2. The summed E-state index contributed by atoms with van der Waals surface area (Å²) in [6.07, 6.45) is -2.91. The Kier molecular flexibility index (Phi) is 5.83. The van der Waals surface area contributed by atoms with E-state index in [2.05, 4.69) is 0 Å². The zero-order valence-electron chi connectivity index (χ0n) is 13.2. The Hall–Kier alpha value is -2.36. The molecule has 0 atom stereocenters. The highest BCUT2D eigenvalue weighted by molar-refractivity contribution is 5.81. The van der Waals surface area contributed by atoms with Crippen LogP contribution in [0, 0.1) is 0 Å². The molecule has 0 bridgehead atoms. The van der Waals surface area contributed by atoms with Crippen molar-refractivity contribution in [3.05, 3.63) is 34.2 Å². The average molecular weight is 362 g/mol. The molecular weight excluding hydrogens is 345 g/mol. The van der Waals surface area contributed by atoms with Crippen LogP contribution >= 0.6 is 0 Å². The summed E-state index contributed by atoms with van der Waals surface area (Å²) in [6.45, 7) is -0.528. The number of aliphatic carboxylic acids is 1. The summed E-state index contributed by atoms with van der Waals surface area (Å²) in [5, 5.41) is 8.99. The lowest BCUT2D eigenvalue weighted by atomic mass is 10.1. The second-order valence-electron chi connectivity index (χ2n) is 5.61. The van der Waals surface area contributed by atoms with Gasteiger partial charge in [-0.05, 0) is 25.0 Å².